The molecule has 1 rings (SSSR count). The van der Waals surface area contributed by atoms with Gasteiger partial charge in [-0.05, 0) is 47.3 Å². The van der Waals surface area contributed by atoms with Crippen molar-refractivity contribution in [2.24, 2.45) is 22.9 Å². The molecule has 0 aromatic carbocycles. The number of ether oxygens (including phenoxy) is 4. The number of aldehydes is 1. The van der Waals surface area contributed by atoms with E-state index in [0.29, 0.717) is 45.9 Å². The van der Waals surface area contributed by atoms with Crippen LogP contribution in [0.3, 0.4) is 0 Å². The molecular formula is C35H69N11O13S2. The molecule has 0 radical (unpaired) electrons. The van der Waals surface area contributed by atoms with Crippen molar-refractivity contribution in [1.82, 2.24) is 37.2 Å². The zero-order chi connectivity index (χ0) is 47.2. The first kappa shape index (κ1) is 61.2. The molecular weight excluding hydrogens is 847 g/mol. The Hall–Kier alpha value is -4.15. The number of primary amides is 2. The summed E-state index contributed by atoms with van der Waals surface area (Å²) in [5.41, 5.74) is 20.7. The van der Waals surface area contributed by atoms with Crippen LogP contribution >= 0.6 is 23.5 Å². The van der Waals surface area contributed by atoms with Gasteiger partial charge < -0.3 is 83.9 Å². The Bertz CT molecular complexity index is 1290. The largest absolute Gasteiger partial charge is 0.378 e. The Morgan fingerprint density at radius 3 is 1.92 bits per heavy atom. The summed E-state index contributed by atoms with van der Waals surface area (Å²) in [4.78, 5) is 105. The highest BCUT2D eigenvalue weighted by Gasteiger charge is 2.30. The van der Waals surface area contributed by atoms with Gasteiger partial charge in [-0.15, -0.1) is 0 Å². The van der Waals surface area contributed by atoms with E-state index in [1.807, 2.05) is 19.6 Å². The minimum absolute atomic E-state index is 0.0457. The van der Waals surface area contributed by atoms with Gasteiger partial charge in [0.05, 0.1) is 52.2 Å². The molecule has 1 heterocycles. The van der Waals surface area contributed by atoms with E-state index in [0.717, 1.165) is 24.9 Å². The van der Waals surface area contributed by atoms with Crippen molar-refractivity contribution in [2.75, 3.05) is 104 Å². The van der Waals surface area contributed by atoms with E-state index in [9.17, 15) is 43.2 Å². The molecule has 15 N–H and O–H groups in total. The third kappa shape index (κ3) is 36.2. The van der Waals surface area contributed by atoms with Crippen molar-refractivity contribution in [2.45, 2.75) is 63.9 Å². The molecule has 0 aromatic rings. The molecule has 1 aliphatic heterocycles. The fourth-order valence-corrected chi connectivity index (χ4v) is 4.80. The number of nitrogens with two attached hydrogens (primary N) is 4. The van der Waals surface area contributed by atoms with Crippen molar-refractivity contribution >= 4 is 77.1 Å². The number of nitrogens with one attached hydrogen (secondary N) is 7. The molecule has 0 aliphatic carbocycles. The zero-order valence-electron chi connectivity index (χ0n) is 36.2. The number of amides is 8. The van der Waals surface area contributed by atoms with Gasteiger partial charge in [-0.1, -0.05) is 0 Å². The molecule has 0 spiro atoms. The summed E-state index contributed by atoms with van der Waals surface area (Å²) < 4.78 is 20.0. The van der Waals surface area contributed by atoms with Crippen LogP contribution in [0.2, 0.25) is 0 Å². The first-order chi connectivity index (χ1) is 28.8. The van der Waals surface area contributed by atoms with Crippen LogP contribution in [0.25, 0.3) is 0 Å². The van der Waals surface area contributed by atoms with Gasteiger partial charge in [-0.25, -0.2) is 0 Å². The van der Waals surface area contributed by atoms with Gasteiger partial charge in [-0.3, -0.25) is 38.4 Å². The van der Waals surface area contributed by atoms with Crippen molar-refractivity contribution in [1.29, 1.82) is 0 Å². The van der Waals surface area contributed by atoms with Gasteiger partial charge >= 0.3 is 0 Å². The maximum absolute atomic E-state index is 12.8. The summed E-state index contributed by atoms with van der Waals surface area (Å²) in [5.74, 6) is -5.56. The maximum Gasteiger partial charge on any atom is 0.244 e. The van der Waals surface area contributed by atoms with E-state index in [-0.39, 0.29) is 24.7 Å². The number of thioether (sulfide) groups is 2. The highest BCUT2D eigenvalue weighted by Crippen LogP contribution is 2.08. The van der Waals surface area contributed by atoms with E-state index < -0.39 is 90.1 Å². The predicted molar refractivity (Wildman–Crippen MR) is 231 cm³/mol. The lowest BCUT2D eigenvalue weighted by molar-refractivity contribution is -0.133. The number of hydrogen-bond acceptors (Lipinski definition) is 18. The number of carbonyl (C=O) groups excluding carboxylic acids is 9. The van der Waals surface area contributed by atoms with E-state index in [2.05, 4.69) is 47.7 Å². The highest BCUT2D eigenvalue weighted by atomic mass is 32.2. The van der Waals surface area contributed by atoms with Crippen LogP contribution in [0.1, 0.15) is 27.7 Å². The Balaban J connectivity index is -0.00000109. The number of carbonyl (C=O) groups is 9. The standard InChI is InChI=1S/C20H34N8O7S.C9H22N2O3.C4H7NO3.C2H6S/c1-8(21)16(31)27-12-6-36-7-13(19(34)25-9(2)15(22)30)28-18(33)11(4)24-14(29)5-23-17(32)10(3)26-20(12)35;1-11-3-5-13-7-9-14-8-6-12-4-2-10;5-4(7)3-8-2-1-6;1-3-2/h8-13H,5-7,21H2,1-4H3,(H2,22,30)(H,23,32)(H,24,29)(H,25,34)(H,26,35)(H,27,31)(H,28,33);11H,2-10H2,1H3;1H,2-3H2,(H2,5,7);1-2H3/t8-,9-,10-,11-,12-,13-;;;/m0.../s1. The number of hydrogen-bond donors (Lipinski definition) is 11. The summed E-state index contributed by atoms with van der Waals surface area (Å²) in [5, 5.41) is 17.5. The van der Waals surface area contributed by atoms with Crippen LogP contribution in [-0.2, 0) is 62.1 Å². The molecule has 61 heavy (non-hydrogen) atoms. The molecule has 0 aromatic heterocycles. The van der Waals surface area contributed by atoms with Crippen LogP contribution in [0.4, 0.5) is 0 Å². The third-order valence-electron chi connectivity index (χ3n) is 6.91. The normalized spacial score (nSPS) is 19.4. The van der Waals surface area contributed by atoms with Crippen LogP contribution < -0.4 is 60.2 Å². The van der Waals surface area contributed by atoms with Crippen LogP contribution in [0.15, 0.2) is 0 Å². The molecule has 1 fully saturated rings. The summed E-state index contributed by atoms with van der Waals surface area (Å²) in [7, 11) is 1.90. The van der Waals surface area contributed by atoms with E-state index in [1.165, 1.54) is 27.7 Å². The molecule has 0 bridgehead atoms. The van der Waals surface area contributed by atoms with Crippen molar-refractivity contribution in [3.05, 3.63) is 0 Å². The van der Waals surface area contributed by atoms with E-state index >= 15 is 0 Å². The lowest BCUT2D eigenvalue weighted by atomic mass is 10.2. The summed E-state index contributed by atoms with van der Waals surface area (Å²) in [6.07, 6.45) is 4.64. The monoisotopic (exact) mass is 915 g/mol. The van der Waals surface area contributed by atoms with Crippen molar-refractivity contribution in [3.63, 3.8) is 0 Å². The molecule has 0 saturated carbocycles. The average Bonchev–Trinajstić information content (AvgIpc) is 3.19. The smallest absolute Gasteiger partial charge is 0.244 e. The van der Waals surface area contributed by atoms with E-state index in [1.54, 1.807) is 11.8 Å². The average molecular weight is 916 g/mol. The number of likely N-dealkylation sites (N-methyl/N-ethyl adjacent to an activating group) is 1. The lowest BCUT2D eigenvalue weighted by Gasteiger charge is -2.25. The third-order valence-corrected chi connectivity index (χ3v) is 8.05. The van der Waals surface area contributed by atoms with E-state index in [4.69, 9.17) is 31.4 Å². The predicted octanol–water partition coefficient (Wildman–Crippen LogP) is -5.95. The molecule has 8 amide bonds. The van der Waals surface area contributed by atoms with Crippen LogP contribution in [-0.4, -0.2) is 193 Å². The second-order valence-corrected chi connectivity index (χ2v) is 14.5. The summed E-state index contributed by atoms with van der Waals surface area (Å²) in [6.45, 7) is 10.1. The van der Waals surface area contributed by atoms with Gasteiger partial charge in [0.2, 0.25) is 47.3 Å². The molecule has 354 valence electrons. The Morgan fingerprint density at radius 2 is 1.41 bits per heavy atom. The minimum atomic E-state index is -1.18. The maximum atomic E-state index is 12.8. The fourth-order valence-electron chi connectivity index (χ4n) is 3.72. The Kier molecular flexibility index (Phi) is 40.1. The first-order valence-corrected chi connectivity index (χ1v) is 21.8. The number of rotatable bonds is 20. The summed E-state index contributed by atoms with van der Waals surface area (Å²) >= 11 is 2.79. The summed E-state index contributed by atoms with van der Waals surface area (Å²) in [6, 6.07) is -6.37. The molecule has 1 saturated heterocycles. The van der Waals surface area contributed by atoms with Gasteiger partial charge in [-0.2, -0.15) is 23.5 Å². The highest BCUT2D eigenvalue weighted by molar-refractivity contribution is 7.99. The van der Waals surface area contributed by atoms with Gasteiger partial charge in [0.25, 0.3) is 0 Å². The topological polar surface area (TPSA) is 379 Å². The fraction of sp³-hybridized carbons (Fsp3) is 0.743. The Morgan fingerprint density at radius 1 is 0.852 bits per heavy atom. The first-order valence-electron chi connectivity index (χ1n) is 19.0. The quantitative estimate of drug-likeness (QED) is 0.0400. The SMILES string of the molecule is CNCCOCCOCCOCCN.CSC.C[C@H](N)C(=O)N[C@H]1CSC[C@@H](C(=O)N[C@@H](C)C(N)=O)NC(=O)[C@H](C)NC(=O)CNC(=O)[C@H](C)NC1=O.NC(=O)COCC=O. The van der Waals surface area contributed by atoms with Gasteiger partial charge in [0, 0.05) is 24.6 Å². The van der Waals surface area contributed by atoms with Gasteiger partial charge in [0.15, 0.2) is 0 Å². The lowest BCUT2D eigenvalue weighted by Crippen LogP contribution is -2.58. The Labute approximate surface area is 366 Å². The van der Waals surface area contributed by atoms with Crippen LogP contribution in [0.5, 0.6) is 0 Å². The molecule has 26 heteroatoms. The second-order valence-electron chi connectivity index (χ2n) is 12.6. The second kappa shape index (κ2) is 40.0. The molecule has 24 nitrogen and oxygen atoms in total. The van der Waals surface area contributed by atoms with Crippen molar-refractivity contribution in [3.8, 4) is 0 Å². The van der Waals surface area contributed by atoms with Gasteiger partial charge in [0.1, 0.15) is 49.7 Å². The minimum Gasteiger partial charge on any atom is -0.378 e. The van der Waals surface area contributed by atoms with Crippen molar-refractivity contribution < 1.29 is 62.1 Å². The van der Waals surface area contributed by atoms with Crippen LogP contribution in [0, 0.1) is 0 Å². The molecule has 0 unspecified atom stereocenters. The molecule has 1 aliphatic rings. The zero-order valence-corrected chi connectivity index (χ0v) is 37.8. The molecule has 6 atom stereocenters.